The van der Waals surface area contributed by atoms with Crippen molar-refractivity contribution in [2.24, 2.45) is 0 Å². The minimum atomic E-state index is -0.575. The molecule has 2 aromatic carbocycles. The Morgan fingerprint density at radius 2 is 1.79 bits per heavy atom. The molecule has 0 atom stereocenters. The molecule has 0 unspecified atom stereocenters. The van der Waals surface area contributed by atoms with Crippen LogP contribution in [0.5, 0.6) is 0 Å². The van der Waals surface area contributed by atoms with Crippen LogP contribution in [0.4, 0.5) is 11.5 Å². The number of benzene rings is 2. The van der Waals surface area contributed by atoms with E-state index in [1.165, 1.54) is 0 Å². The first-order chi connectivity index (χ1) is 14.0. The highest BCUT2D eigenvalue weighted by Gasteiger charge is 2.11. The van der Waals surface area contributed by atoms with Crippen molar-refractivity contribution in [1.82, 2.24) is 5.16 Å². The van der Waals surface area contributed by atoms with Crippen molar-refractivity contribution >= 4 is 51.8 Å². The molecule has 1 heterocycles. The highest BCUT2D eigenvalue weighted by atomic mass is 32.2. The summed E-state index contributed by atoms with van der Waals surface area (Å²) in [6, 6.07) is 14.9. The second-order valence-corrected chi connectivity index (χ2v) is 7.12. The molecule has 0 saturated carbocycles. The van der Waals surface area contributed by atoms with Crippen molar-refractivity contribution in [1.29, 1.82) is 0 Å². The summed E-state index contributed by atoms with van der Waals surface area (Å²) in [7, 11) is 0. The van der Waals surface area contributed by atoms with Crippen molar-refractivity contribution in [3.05, 3.63) is 54.3 Å². The van der Waals surface area contributed by atoms with Crippen LogP contribution in [0, 0.1) is 6.92 Å². The van der Waals surface area contributed by atoms with Crippen LogP contribution in [0.25, 0.3) is 10.8 Å². The third-order valence-electron chi connectivity index (χ3n) is 3.75. The smallest absolute Gasteiger partial charge is 0.316 e. The molecule has 0 bridgehead atoms. The fourth-order valence-corrected chi connectivity index (χ4v) is 3.09. The minimum absolute atomic E-state index is 0.0459. The van der Waals surface area contributed by atoms with Crippen LogP contribution < -0.4 is 10.6 Å². The topological polar surface area (TPSA) is 111 Å². The number of thioether (sulfide) groups is 1. The molecule has 2 amide bonds. The number of aromatic nitrogens is 1. The molecule has 0 radical (unpaired) electrons. The van der Waals surface area contributed by atoms with Crippen molar-refractivity contribution in [3.8, 4) is 0 Å². The van der Waals surface area contributed by atoms with E-state index in [1.807, 2.05) is 36.4 Å². The molecule has 0 aliphatic heterocycles. The predicted octanol–water partition coefficient (Wildman–Crippen LogP) is 2.99. The van der Waals surface area contributed by atoms with Gasteiger partial charge < -0.3 is 19.9 Å². The molecule has 0 aliphatic rings. The van der Waals surface area contributed by atoms with Gasteiger partial charge in [0.2, 0.25) is 5.91 Å². The number of hydrogen-bond acceptors (Lipinski definition) is 7. The first-order valence-corrected chi connectivity index (χ1v) is 9.90. The van der Waals surface area contributed by atoms with Crippen LogP contribution in [-0.4, -0.2) is 41.1 Å². The number of anilines is 2. The lowest BCUT2D eigenvalue weighted by molar-refractivity contribution is -0.144. The van der Waals surface area contributed by atoms with Crippen LogP contribution in [0.1, 0.15) is 5.76 Å². The first-order valence-electron chi connectivity index (χ1n) is 8.75. The molecule has 2 N–H and O–H groups in total. The van der Waals surface area contributed by atoms with Gasteiger partial charge in [0.05, 0.1) is 11.5 Å². The van der Waals surface area contributed by atoms with Crippen LogP contribution >= 0.6 is 11.8 Å². The average Bonchev–Trinajstić information content (AvgIpc) is 3.11. The lowest BCUT2D eigenvalue weighted by Crippen LogP contribution is -2.22. The Labute approximate surface area is 171 Å². The molecule has 0 spiro atoms. The molecule has 9 heteroatoms. The van der Waals surface area contributed by atoms with Crippen LogP contribution in [0.3, 0.4) is 0 Å². The maximum atomic E-state index is 12.0. The quantitative estimate of drug-likeness (QED) is 0.546. The second-order valence-electron chi connectivity index (χ2n) is 6.13. The maximum absolute atomic E-state index is 12.0. The van der Waals surface area contributed by atoms with Gasteiger partial charge in [-0.1, -0.05) is 35.5 Å². The molecule has 0 aliphatic carbocycles. The van der Waals surface area contributed by atoms with Crippen molar-refractivity contribution in [3.63, 3.8) is 0 Å². The van der Waals surface area contributed by atoms with E-state index in [0.29, 0.717) is 17.3 Å². The largest absolute Gasteiger partial charge is 0.455 e. The first kappa shape index (κ1) is 20.4. The van der Waals surface area contributed by atoms with Crippen molar-refractivity contribution in [2.75, 3.05) is 28.7 Å². The number of fused-ring (bicyclic) bond motifs is 1. The van der Waals surface area contributed by atoms with Crippen molar-refractivity contribution in [2.45, 2.75) is 6.92 Å². The van der Waals surface area contributed by atoms with Crippen LogP contribution in [0.2, 0.25) is 0 Å². The Hall–Kier alpha value is -3.33. The zero-order valence-corrected chi connectivity index (χ0v) is 16.5. The van der Waals surface area contributed by atoms with E-state index in [4.69, 9.17) is 9.26 Å². The fourth-order valence-electron chi connectivity index (χ4n) is 2.48. The Bertz CT molecular complexity index is 1030. The van der Waals surface area contributed by atoms with E-state index in [2.05, 4.69) is 15.8 Å². The number of carbonyl (C=O) groups is 3. The van der Waals surface area contributed by atoms with Gasteiger partial charge in [0.15, 0.2) is 12.4 Å². The van der Waals surface area contributed by atoms with Gasteiger partial charge >= 0.3 is 5.97 Å². The van der Waals surface area contributed by atoms with Gasteiger partial charge in [0.25, 0.3) is 5.91 Å². The summed E-state index contributed by atoms with van der Waals surface area (Å²) in [6.07, 6.45) is 0. The fraction of sp³-hybridized carbons (Fsp3) is 0.200. The van der Waals surface area contributed by atoms with Gasteiger partial charge in [-0.15, -0.1) is 11.8 Å². The Kier molecular flexibility index (Phi) is 6.85. The van der Waals surface area contributed by atoms with E-state index in [-0.39, 0.29) is 17.4 Å². The maximum Gasteiger partial charge on any atom is 0.316 e. The molecule has 1 aromatic heterocycles. The lowest BCUT2D eigenvalue weighted by Gasteiger charge is -2.07. The lowest BCUT2D eigenvalue weighted by atomic mass is 10.1. The number of aryl methyl sites for hydroxylation is 1. The zero-order chi connectivity index (χ0) is 20.6. The number of nitrogens with zero attached hydrogens (tertiary/aromatic N) is 1. The number of rotatable bonds is 8. The summed E-state index contributed by atoms with van der Waals surface area (Å²) in [5, 5.41) is 10.9. The van der Waals surface area contributed by atoms with Gasteiger partial charge in [-0.3, -0.25) is 14.4 Å². The summed E-state index contributed by atoms with van der Waals surface area (Å²) in [4.78, 5) is 35.4. The van der Waals surface area contributed by atoms with Gasteiger partial charge in [-0.25, -0.2) is 0 Å². The number of amides is 2. The zero-order valence-electron chi connectivity index (χ0n) is 15.6. The number of carbonyl (C=O) groups excluding carboxylic acids is 3. The van der Waals surface area contributed by atoms with E-state index in [1.54, 1.807) is 19.1 Å². The Morgan fingerprint density at radius 3 is 2.55 bits per heavy atom. The monoisotopic (exact) mass is 413 g/mol. The van der Waals surface area contributed by atoms with E-state index in [9.17, 15) is 14.4 Å². The summed E-state index contributed by atoms with van der Waals surface area (Å²) in [5.41, 5.74) is 0.624. The van der Waals surface area contributed by atoms with Crippen LogP contribution in [0.15, 0.2) is 53.1 Å². The highest BCUT2D eigenvalue weighted by molar-refractivity contribution is 8.00. The van der Waals surface area contributed by atoms with Crippen molar-refractivity contribution < 1.29 is 23.6 Å². The molecule has 3 rings (SSSR count). The minimum Gasteiger partial charge on any atom is -0.455 e. The highest BCUT2D eigenvalue weighted by Crippen LogP contribution is 2.18. The summed E-state index contributed by atoms with van der Waals surface area (Å²) < 4.78 is 9.78. The second kappa shape index (κ2) is 9.74. The molecule has 3 aromatic rings. The Balaban J connectivity index is 1.35. The third kappa shape index (κ3) is 6.35. The SMILES string of the molecule is Cc1cc(NC(=O)CSCC(=O)OCC(=O)Nc2ccc3ccccc3c2)no1. The molecular formula is C20H19N3O5S. The molecular weight excluding hydrogens is 394 g/mol. The summed E-state index contributed by atoms with van der Waals surface area (Å²) in [6.45, 7) is 1.32. The van der Waals surface area contributed by atoms with E-state index >= 15 is 0 Å². The molecule has 29 heavy (non-hydrogen) atoms. The van der Waals surface area contributed by atoms with Gasteiger partial charge in [-0.2, -0.15) is 0 Å². The number of nitrogens with one attached hydrogen (secondary N) is 2. The molecule has 0 saturated heterocycles. The number of hydrogen-bond donors (Lipinski definition) is 2. The van der Waals surface area contributed by atoms with Gasteiger partial charge in [0.1, 0.15) is 5.76 Å². The van der Waals surface area contributed by atoms with Crippen LogP contribution in [-0.2, 0) is 19.1 Å². The molecule has 0 fully saturated rings. The van der Waals surface area contributed by atoms with E-state index in [0.717, 1.165) is 22.5 Å². The Morgan fingerprint density at radius 1 is 1.00 bits per heavy atom. The molecule has 8 nitrogen and oxygen atoms in total. The standard InChI is InChI=1S/C20H19N3O5S/c1-13-8-17(23-28-13)22-19(25)11-29-12-20(26)27-10-18(24)21-16-7-6-14-4-2-3-5-15(14)9-16/h2-9H,10-12H2,1H3,(H,21,24)(H,22,23,25). The van der Waals surface area contributed by atoms with E-state index < -0.39 is 18.5 Å². The predicted molar refractivity (Wildman–Crippen MR) is 111 cm³/mol. The normalized spacial score (nSPS) is 10.5. The molecule has 150 valence electrons. The summed E-state index contributed by atoms with van der Waals surface area (Å²) in [5.74, 6) is -0.421. The number of ether oxygens (including phenoxy) is 1. The average molecular weight is 413 g/mol. The summed E-state index contributed by atoms with van der Waals surface area (Å²) >= 11 is 1.08. The van der Waals surface area contributed by atoms with Gasteiger partial charge in [0, 0.05) is 11.8 Å². The third-order valence-corrected chi connectivity index (χ3v) is 4.65. The number of esters is 1. The van der Waals surface area contributed by atoms with Gasteiger partial charge in [-0.05, 0) is 29.8 Å².